The number of piperidine rings is 1. The van der Waals surface area contributed by atoms with E-state index in [1.54, 1.807) is 32.3 Å². The summed E-state index contributed by atoms with van der Waals surface area (Å²) in [5, 5.41) is 14.7. The van der Waals surface area contributed by atoms with Gasteiger partial charge in [0.05, 0.1) is 17.2 Å². The zero-order chi connectivity index (χ0) is 34.5. The summed E-state index contributed by atoms with van der Waals surface area (Å²) in [6.45, 7) is 7.28. The number of anilines is 1. The lowest BCUT2D eigenvalue weighted by molar-refractivity contribution is 0.00160. The molecule has 1 unspecified atom stereocenters. The summed E-state index contributed by atoms with van der Waals surface area (Å²) in [5.41, 5.74) is 2.38. The molecule has 49 heavy (non-hydrogen) atoms. The van der Waals surface area contributed by atoms with E-state index in [1.807, 2.05) is 24.5 Å². The number of nitrogens with one attached hydrogen (secondary N) is 2. The highest BCUT2D eigenvalue weighted by Gasteiger charge is 2.53. The van der Waals surface area contributed by atoms with Crippen molar-refractivity contribution in [2.75, 3.05) is 51.7 Å². The van der Waals surface area contributed by atoms with Crippen LogP contribution in [0.25, 0.3) is 0 Å². The number of carbonyl (C=O) groups excluding carboxylic acids is 2. The van der Waals surface area contributed by atoms with E-state index in [1.165, 1.54) is 6.07 Å². The normalized spacial score (nSPS) is 21.4. The van der Waals surface area contributed by atoms with E-state index in [9.17, 15) is 14.9 Å². The number of benzene rings is 2. The number of hydrogen-bond acceptors (Lipinski definition) is 7. The van der Waals surface area contributed by atoms with Gasteiger partial charge >= 0.3 is 6.09 Å². The molecule has 3 aliphatic rings. The Morgan fingerprint density at radius 2 is 1.88 bits per heavy atom. The maximum absolute atomic E-state index is 15.1. The van der Waals surface area contributed by atoms with Crippen LogP contribution in [-0.2, 0) is 23.1 Å². The van der Waals surface area contributed by atoms with Crippen LogP contribution in [0.2, 0.25) is 0 Å². The van der Waals surface area contributed by atoms with Gasteiger partial charge in [-0.2, -0.15) is 5.26 Å². The fourth-order valence-corrected chi connectivity index (χ4v) is 8.88. The van der Waals surface area contributed by atoms with Gasteiger partial charge in [0.1, 0.15) is 17.7 Å². The lowest BCUT2D eigenvalue weighted by Crippen LogP contribution is -2.55. The second-order valence-electron chi connectivity index (χ2n) is 13.9. The monoisotopic (exact) mass is 669 g/mol. The first kappa shape index (κ1) is 34.4. The van der Waals surface area contributed by atoms with Gasteiger partial charge in [-0.3, -0.25) is 4.79 Å². The quantitative estimate of drug-likeness (QED) is 0.291. The molecule has 0 radical (unpaired) electrons. The molecule has 0 spiro atoms. The standard InChI is InChI=1S/C38H48FN7O3/c1-4-35-43-15-18-45(35)25-38(29-7-5-8-30(39)20-29,32-9-6-10-34(32)49-37(48)42-3)28-13-16-44(17-14-28)22-27-23-46(24-27)33-12-11-26(21-40)19-31(33)36(47)41-2/h5,7-8,11-12,15,18-20,27-28,32,34H,4,6,9-10,13-14,16-17,22-25H2,1-3H3,(H,41,47)(H,42,48)/t32-,34-,38?/m0/s1. The average molecular weight is 670 g/mol. The Kier molecular flexibility index (Phi) is 10.5. The number of ether oxygens (including phenoxy) is 1. The molecule has 2 saturated heterocycles. The lowest BCUT2D eigenvalue weighted by atomic mass is 9.58. The van der Waals surface area contributed by atoms with Crippen molar-refractivity contribution in [1.29, 1.82) is 5.26 Å². The highest BCUT2D eigenvalue weighted by atomic mass is 19.1. The third-order valence-corrected chi connectivity index (χ3v) is 11.2. The number of nitrogens with zero attached hydrogens (tertiary/aromatic N) is 5. The van der Waals surface area contributed by atoms with Gasteiger partial charge in [-0.15, -0.1) is 0 Å². The Balaban J connectivity index is 1.22. The van der Waals surface area contributed by atoms with Gasteiger partial charge in [0.2, 0.25) is 0 Å². The van der Waals surface area contributed by atoms with Crippen LogP contribution in [0.1, 0.15) is 66.3 Å². The summed E-state index contributed by atoms with van der Waals surface area (Å²) in [7, 11) is 3.20. The zero-order valence-electron chi connectivity index (χ0n) is 28.8. The summed E-state index contributed by atoms with van der Waals surface area (Å²) in [4.78, 5) is 34.6. The molecule has 260 valence electrons. The zero-order valence-corrected chi connectivity index (χ0v) is 28.8. The van der Waals surface area contributed by atoms with E-state index in [-0.39, 0.29) is 29.7 Å². The number of amides is 2. The number of carbonyl (C=O) groups is 2. The number of aryl methyl sites for hydroxylation is 1. The van der Waals surface area contributed by atoms with Crippen LogP contribution in [0.15, 0.2) is 54.9 Å². The average Bonchev–Trinajstić information content (AvgIpc) is 3.77. The molecule has 1 aliphatic carbocycles. The Morgan fingerprint density at radius 3 is 2.57 bits per heavy atom. The third kappa shape index (κ3) is 7.02. The molecule has 2 N–H and O–H groups in total. The van der Waals surface area contributed by atoms with E-state index < -0.39 is 11.5 Å². The van der Waals surface area contributed by atoms with Crippen molar-refractivity contribution in [3.05, 3.63) is 83.2 Å². The maximum atomic E-state index is 15.1. The molecule has 3 atom stereocenters. The predicted molar refractivity (Wildman–Crippen MR) is 186 cm³/mol. The van der Waals surface area contributed by atoms with Crippen molar-refractivity contribution in [2.24, 2.45) is 17.8 Å². The summed E-state index contributed by atoms with van der Waals surface area (Å²) < 4.78 is 23.4. The number of hydrogen-bond donors (Lipinski definition) is 2. The largest absolute Gasteiger partial charge is 0.446 e. The van der Waals surface area contributed by atoms with Gasteiger partial charge in [0, 0.05) is 82.0 Å². The van der Waals surface area contributed by atoms with E-state index >= 15 is 4.39 Å². The van der Waals surface area contributed by atoms with Crippen LogP contribution in [0.3, 0.4) is 0 Å². The number of alkyl carbamates (subject to hydrolysis) is 1. The summed E-state index contributed by atoms with van der Waals surface area (Å²) in [6, 6.07) is 14.6. The maximum Gasteiger partial charge on any atom is 0.407 e. The van der Waals surface area contributed by atoms with Gasteiger partial charge in [-0.05, 0) is 87.0 Å². The molecule has 3 fully saturated rings. The number of likely N-dealkylation sites (tertiary alicyclic amines) is 1. The van der Waals surface area contributed by atoms with Crippen LogP contribution >= 0.6 is 0 Å². The fraction of sp³-hybridized carbons (Fsp3) is 0.526. The molecule has 6 rings (SSSR count). The van der Waals surface area contributed by atoms with Crippen molar-refractivity contribution in [1.82, 2.24) is 25.1 Å². The number of aromatic nitrogens is 2. The van der Waals surface area contributed by atoms with Crippen molar-refractivity contribution in [2.45, 2.75) is 63.5 Å². The molecule has 1 saturated carbocycles. The smallest absolute Gasteiger partial charge is 0.407 e. The lowest BCUT2D eigenvalue weighted by Gasteiger charge is -2.51. The van der Waals surface area contributed by atoms with E-state index in [2.05, 4.69) is 49.0 Å². The number of rotatable bonds is 11. The minimum Gasteiger partial charge on any atom is -0.446 e. The van der Waals surface area contributed by atoms with Crippen LogP contribution in [0.4, 0.5) is 14.9 Å². The van der Waals surface area contributed by atoms with Crippen LogP contribution in [0.5, 0.6) is 0 Å². The molecule has 1 aromatic heterocycles. The van der Waals surface area contributed by atoms with Crippen LogP contribution < -0.4 is 15.5 Å². The molecule has 2 amide bonds. The van der Waals surface area contributed by atoms with Crippen molar-refractivity contribution >= 4 is 17.7 Å². The van der Waals surface area contributed by atoms with E-state index in [0.29, 0.717) is 23.6 Å². The molecule has 3 aromatic rings. The molecule has 0 bridgehead atoms. The molecule has 11 heteroatoms. The molecular formula is C38H48FN7O3. The topological polar surface area (TPSA) is 116 Å². The van der Waals surface area contributed by atoms with Crippen LogP contribution in [-0.4, -0.2) is 79.4 Å². The fourth-order valence-electron chi connectivity index (χ4n) is 8.88. The SMILES string of the molecule is CCc1nccn1CC(c1cccc(F)c1)(C1CCN(CC2CN(c3ccc(C#N)cc3C(=O)NC)C2)CC1)[C@H]1CCC[C@@H]1OC(=O)NC. The Labute approximate surface area is 288 Å². The van der Waals surface area contributed by atoms with Gasteiger partial charge < -0.3 is 29.7 Å². The van der Waals surface area contributed by atoms with Crippen LogP contribution in [0, 0.1) is 34.9 Å². The minimum atomic E-state index is -0.465. The summed E-state index contributed by atoms with van der Waals surface area (Å²) in [6.07, 6.45) is 8.53. The molecule has 10 nitrogen and oxygen atoms in total. The van der Waals surface area contributed by atoms with Crippen molar-refractivity contribution in [3.8, 4) is 6.07 Å². The van der Waals surface area contributed by atoms with Gasteiger partial charge in [-0.25, -0.2) is 14.2 Å². The van der Waals surface area contributed by atoms with Crippen molar-refractivity contribution < 1.29 is 18.7 Å². The highest BCUT2D eigenvalue weighted by molar-refractivity contribution is 6.00. The predicted octanol–water partition coefficient (Wildman–Crippen LogP) is 5.13. The number of imidazole rings is 1. The Morgan fingerprint density at radius 1 is 1.08 bits per heavy atom. The second kappa shape index (κ2) is 15.0. The molecule has 2 aliphatic heterocycles. The molecule has 3 heterocycles. The first-order valence-corrected chi connectivity index (χ1v) is 17.7. The van der Waals surface area contributed by atoms with E-state index in [4.69, 9.17) is 4.74 Å². The summed E-state index contributed by atoms with van der Waals surface area (Å²) in [5.74, 6) is 1.29. The Bertz CT molecular complexity index is 1670. The second-order valence-corrected chi connectivity index (χ2v) is 13.9. The first-order chi connectivity index (χ1) is 23.8. The molecular weight excluding hydrogens is 621 g/mol. The third-order valence-electron chi connectivity index (χ3n) is 11.2. The van der Waals surface area contributed by atoms with Crippen molar-refractivity contribution in [3.63, 3.8) is 0 Å². The van der Waals surface area contributed by atoms with Gasteiger partial charge in [0.15, 0.2) is 0 Å². The molecule has 2 aromatic carbocycles. The first-order valence-electron chi connectivity index (χ1n) is 17.7. The Hall–Kier alpha value is -4.43. The summed E-state index contributed by atoms with van der Waals surface area (Å²) >= 11 is 0. The van der Waals surface area contributed by atoms with Gasteiger partial charge in [-0.1, -0.05) is 19.1 Å². The minimum absolute atomic E-state index is 0.0254. The van der Waals surface area contributed by atoms with E-state index in [0.717, 1.165) is 88.3 Å². The number of nitriles is 1. The highest BCUT2D eigenvalue weighted by Crippen LogP contribution is 2.52. The number of halogens is 1. The van der Waals surface area contributed by atoms with Gasteiger partial charge in [0.25, 0.3) is 5.91 Å².